The molecule has 0 fully saturated rings. The number of aromatic amines is 1. The number of rotatable bonds is 4. The van der Waals surface area contributed by atoms with Crippen LogP contribution in [0, 0.1) is 0 Å². The van der Waals surface area contributed by atoms with Gasteiger partial charge < -0.3 is 9.40 Å². The summed E-state index contributed by atoms with van der Waals surface area (Å²) >= 11 is 0. The van der Waals surface area contributed by atoms with Gasteiger partial charge in [-0.15, -0.1) is 0 Å². The van der Waals surface area contributed by atoms with Gasteiger partial charge in [0.1, 0.15) is 11.5 Å². The molecule has 4 rings (SSSR count). The largest absolute Gasteiger partial charge is 0.463 e. The van der Waals surface area contributed by atoms with Crippen molar-refractivity contribution >= 4 is 23.0 Å². The average Bonchev–Trinajstić information content (AvgIpc) is 3.33. The summed E-state index contributed by atoms with van der Waals surface area (Å²) in [7, 11) is 1.63. The lowest BCUT2D eigenvalue weighted by atomic mass is 10.0. The molecule has 0 aliphatic rings. The van der Waals surface area contributed by atoms with Crippen LogP contribution in [0.1, 0.15) is 16.2 Å². The molecule has 0 aliphatic heterocycles. The summed E-state index contributed by atoms with van der Waals surface area (Å²) in [6, 6.07) is 21.3. The minimum atomic E-state index is -0.220. The summed E-state index contributed by atoms with van der Waals surface area (Å²) in [6.07, 6.45) is 3.08. The number of hydrogen-bond acceptors (Lipinski definition) is 3. The topological polar surface area (TPSA) is 61.6 Å². The molecule has 5 nitrogen and oxygen atoms in total. The van der Waals surface area contributed by atoms with E-state index in [9.17, 15) is 4.79 Å². The number of benzene rings is 2. The van der Waals surface area contributed by atoms with Crippen molar-refractivity contribution in [1.29, 1.82) is 0 Å². The predicted octanol–water partition coefficient (Wildman–Crippen LogP) is 4.53. The fourth-order valence-corrected chi connectivity index (χ4v) is 2.93. The highest BCUT2D eigenvalue weighted by Gasteiger charge is 2.21. The molecule has 0 saturated heterocycles. The molecule has 0 bridgehead atoms. The Balaban J connectivity index is 1.77. The van der Waals surface area contributed by atoms with Gasteiger partial charge in [0.25, 0.3) is 5.91 Å². The fourth-order valence-electron chi connectivity index (χ4n) is 2.93. The summed E-state index contributed by atoms with van der Waals surface area (Å²) in [6.45, 7) is 0. The van der Waals surface area contributed by atoms with Crippen molar-refractivity contribution in [3.63, 3.8) is 0 Å². The Kier molecular flexibility index (Phi) is 4.11. The van der Waals surface area contributed by atoms with E-state index in [0.29, 0.717) is 11.5 Å². The average molecular weight is 343 g/mol. The van der Waals surface area contributed by atoms with Gasteiger partial charge in [0.15, 0.2) is 0 Å². The van der Waals surface area contributed by atoms with Crippen LogP contribution in [0.15, 0.2) is 82.5 Å². The first kappa shape index (κ1) is 15.9. The number of para-hydroxylation sites is 1. The number of carbonyl (C=O) groups is 1. The van der Waals surface area contributed by atoms with Gasteiger partial charge in [0.2, 0.25) is 0 Å². The number of nitrogens with zero attached hydrogens (tertiary/aromatic N) is 2. The molecule has 0 unspecified atom stereocenters. The predicted molar refractivity (Wildman–Crippen MR) is 102 cm³/mol. The van der Waals surface area contributed by atoms with Crippen LogP contribution in [0.2, 0.25) is 0 Å². The Labute approximate surface area is 150 Å². The van der Waals surface area contributed by atoms with Crippen molar-refractivity contribution in [2.24, 2.45) is 5.10 Å². The first-order chi connectivity index (χ1) is 12.7. The van der Waals surface area contributed by atoms with Gasteiger partial charge in [-0.1, -0.05) is 48.5 Å². The third-order valence-corrected chi connectivity index (χ3v) is 4.18. The molecule has 128 valence electrons. The van der Waals surface area contributed by atoms with Gasteiger partial charge in [-0.05, 0) is 23.8 Å². The van der Waals surface area contributed by atoms with Gasteiger partial charge >= 0.3 is 0 Å². The minimum absolute atomic E-state index is 0.220. The second-order valence-electron chi connectivity index (χ2n) is 5.88. The molecule has 4 aromatic rings. The molecular weight excluding hydrogens is 326 g/mol. The maximum atomic E-state index is 13.0. The number of aromatic nitrogens is 1. The van der Waals surface area contributed by atoms with Gasteiger partial charge in [-0.2, -0.15) is 5.10 Å². The maximum absolute atomic E-state index is 13.0. The fraction of sp³-hybridized carbons (Fsp3) is 0.0476. The summed E-state index contributed by atoms with van der Waals surface area (Å²) in [5.74, 6) is 0.368. The molecule has 5 heteroatoms. The van der Waals surface area contributed by atoms with Gasteiger partial charge in [0.05, 0.1) is 12.5 Å². The van der Waals surface area contributed by atoms with Crippen LogP contribution in [0.5, 0.6) is 0 Å². The highest BCUT2D eigenvalue weighted by atomic mass is 16.3. The molecule has 0 radical (unpaired) electrons. The summed E-state index contributed by atoms with van der Waals surface area (Å²) < 4.78 is 5.22. The molecule has 26 heavy (non-hydrogen) atoms. The summed E-state index contributed by atoms with van der Waals surface area (Å²) in [4.78, 5) is 16.3. The maximum Gasteiger partial charge on any atom is 0.290 e. The van der Waals surface area contributed by atoms with E-state index in [4.69, 9.17) is 4.42 Å². The van der Waals surface area contributed by atoms with Gasteiger partial charge in [-0.25, -0.2) is 5.01 Å². The normalized spacial score (nSPS) is 11.3. The number of hydrogen-bond donors (Lipinski definition) is 1. The van der Waals surface area contributed by atoms with E-state index >= 15 is 0 Å². The van der Waals surface area contributed by atoms with Crippen molar-refractivity contribution in [2.75, 3.05) is 7.05 Å². The minimum Gasteiger partial charge on any atom is -0.463 e. The molecule has 2 aromatic carbocycles. The summed E-state index contributed by atoms with van der Waals surface area (Å²) in [5.41, 5.74) is 3.29. The molecule has 2 heterocycles. The molecule has 0 spiro atoms. The number of H-pyrrole nitrogens is 1. The van der Waals surface area contributed by atoms with Crippen LogP contribution in [0.4, 0.5) is 0 Å². The molecule has 0 saturated carbocycles. The van der Waals surface area contributed by atoms with E-state index in [-0.39, 0.29) is 5.91 Å². The van der Waals surface area contributed by atoms with Crippen molar-refractivity contribution in [3.8, 4) is 11.1 Å². The van der Waals surface area contributed by atoms with E-state index in [1.165, 1.54) is 11.2 Å². The first-order valence-electron chi connectivity index (χ1n) is 8.26. The van der Waals surface area contributed by atoms with Crippen LogP contribution < -0.4 is 0 Å². The third-order valence-electron chi connectivity index (χ3n) is 4.18. The summed E-state index contributed by atoms with van der Waals surface area (Å²) in [5, 5.41) is 6.50. The van der Waals surface area contributed by atoms with E-state index in [2.05, 4.69) is 10.1 Å². The number of furan rings is 1. The number of carbonyl (C=O) groups excluding carboxylic acids is 1. The van der Waals surface area contributed by atoms with Crippen LogP contribution in [-0.2, 0) is 0 Å². The van der Waals surface area contributed by atoms with E-state index in [1.54, 1.807) is 25.4 Å². The monoisotopic (exact) mass is 343 g/mol. The number of nitrogens with one attached hydrogen (secondary N) is 1. The molecular formula is C21H17N3O2. The van der Waals surface area contributed by atoms with Crippen molar-refractivity contribution in [3.05, 3.63) is 84.4 Å². The van der Waals surface area contributed by atoms with Crippen molar-refractivity contribution in [1.82, 2.24) is 9.99 Å². The van der Waals surface area contributed by atoms with Crippen LogP contribution >= 0.6 is 0 Å². The molecule has 0 atom stereocenters. The SMILES string of the molecule is CN(N=Cc1ccco1)C(=O)c1[nH]c2ccccc2c1-c1ccccc1. The molecule has 0 aliphatic carbocycles. The molecule has 1 N–H and O–H groups in total. The Bertz CT molecular complexity index is 1060. The Morgan fingerprint density at radius 3 is 2.58 bits per heavy atom. The zero-order valence-electron chi connectivity index (χ0n) is 14.2. The molecule has 1 amide bonds. The van der Waals surface area contributed by atoms with Gasteiger partial charge in [0, 0.05) is 23.5 Å². The van der Waals surface area contributed by atoms with Crippen molar-refractivity contribution < 1.29 is 9.21 Å². The smallest absolute Gasteiger partial charge is 0.290 e. The molecule has 2 aromatic heterocycles. The number of fused-ring (bicyclic) bond motifs is 1. The quantitative estimate of drug-likeness (QED) is 0.437. The van der Waals surface area contributed by atoms with Crippen LogP contribution in [0.25, 0.3) is 22.0 Å². The number of hydrazone groups is 1. The highest BCUT2D eigenvalue weighted by Crippen LogP contribution is 2.32. The van der Waals surface area contributed by atoms with E-state index < -0.39 is 0 Å². The Morgan fingerprint density at radius 1 is 1.04 bits per heavy atom. The van der Waals surface area contributed by atoms with E-state index in [1.807, 2.05) is 54.6 Å². The lowest BCUT2D eigenvalue weighted by Crippen LogP contribution is -2.22. The Hall–Kier alpha value is -3.60. The number of amides is 1. The Morgan fingerprint density at radius 2 is 1.81 bits per heavy atom. The zero-order chi connectivity index (χ0) is 17.9. The first-order valence-corrected chi connectivity index (χ1v) is 8.26. The third kappa shape index (κ3) is 2.91. The standard InChI is InChI=1S/C21H17N3O2/c1-24(22-14-16-10-7-13-26-16)21(25)20-19(15-8-3-2-4-9-15)17-11-5-6-12-18(17)23-20/h2-14,23H,1H3. The van der Waals surface area contributed by atoms with E-state index in [0.717, 1.165) is 22.0 Å². The second kappa shape index (κ2) is 6.72. The van der Waals surface area contributed by atoms with Crippen LogP contribution in [0.3, 0.4) is 0 Å². The van der Waals surface area contributed by atoms with Crippen LogP contribution in [-0.4, -0.2) is 29.2 Å². The van der Waals surface area contributed by atoms with Gasteiger partial charge in [-0.3, -0.25) is 4.79 Å². The highest BCUT2D eigenvalue weighted by molar-refractivity contribution is 6.09. The van der Waals surface area contributed by atoms with Crippen molar-refractivity contribution in [2.45, 2.75) is 0 Å². The second-order valence-corrected chi connectivity index (χ2v) is 5.88. The lowest BCUT2D eigenvalue weighted by molar-refractivity contribution is 0.0796. The zero-order valence-corrected chi connectivity index (χ0v) is 14.2. The lowest BCUT2D eigenvalue weighted by Gasteiger charge is -2.11.